The maximum absolute atomic E-state index is 12.9. The minimum atomic E-state index is -0.296. The predicted octanol–water partition coefficient (Wildman–Crippen LogP) is 1.07. The monoisotopic (exact) mass is 343 g/mol. The molecule has 0 N–H and O–H groups in total. The van der Waals surface area contributed by atoms with E-state index in [1.807, 2.05) is 11.8 Å². The smallest absolute Gasteiger partial charge is 0.274 e. The molecular weight excluding hydrogens is 322 g/mol. The molecule has 0 saturated carbocycles. The van der Waals surface area contributed by atoms with E-state index in [2.05, 4.69) is 15.2 Å². The van der Waals surface area contributed by atoms with Crippen molar-refractivity contribution in [2.75, 3.05) is 26.3 Å². The third-order valence-electron chi connectivity index (χ3n) is 4.74. The summed E-state index contributed by atoms with van der Waals surface area (Å²) in [5.74, 6) is 0.524. The fourth-order valence-electron chi connectivity index (χ4n) is 3.53. The second-order valence-corrected chi connectivity index (χ2v) is 6.66. The van der Waals surface area contributed by atoms with E-state index in [1.54, 1.807) is 35.4 Å². The molecule has 0 aromatic carbocycles. The Kier molecular flexibility index (Phi) is 4.22. The van der Waals surface area contributed by atoms with Gasteiger partial charge in [-0.25, -0.2) is 4.98 Å². The van der Waals surface area contributed by atoms with E-state index in [-0.39, 0.29) is 17.6 Å². The van der Waals surface area contributed by atoms with E-state index in [9.17, 15) is 4.79 Å². The van der Waals surface area contributed by atoms with E-state index in [1.165, 1.54) is 0 Å². The standard InChI is InChI=1S/C17H21N5O3/c1-13-10-22(11-17(25-13)4-8-24-9-5-17)16(23)14-2-3-15(20-19-14)21-7-6-18-12-21/h2-3,6-7,12-13H,4-5,8-11H2,1H3. The van der Waals surface area contributed by atoms with Gasteiger partial charge >= 0.3 is 0 Å². The number of ether oxygens (including phenoxy) is 2. The summed E-state index contributed by atoms with van der Waals surface area (Å²) in [6.07, 6.45) is 6.71. The first-order valence-corrected chi connectivity index (χ1v) is 8.52. The number of carbonyl (C=O) groups excluding carboxylic acids is 1. The Morgan fingerprint density at radius 1 is 1.28 bits per heavy atom. The number of carbonyl (C=O) groups is 1. The molecule has 4 heterocycles. The lowest BCUT2D eigenvalue weighted by Gasteiger charge is -2.47. The summed E-state index contributed by atoms with van der Waals surface area (Å²) in [6, 6.07) is 3.48. The normalized spacial score (nSPS) is 22.9. The van der Waals surface area contributed by atoms with Crippen LogP contribution in [-0.4, -0.2) is 68.6 Å². The Labute approximate surface area is 145 Å². The maximum Gasteiger partial charge on any atom is 0.274 e. The summed E-state index contributed by atoms with van der Waals surface area (Å²) < 4.78 is 13.4. The third-order valence-corrected chi connectivity index (χ3v) is 4.74. The summed E-state index contributed by atoms with van der Waals surface area (Å²) in [5.41, 5.74) is 0.0515. The van der Waals surface area contributed by atoms with Crippen LogP contribution in [0.2, 0.25) is 0 Å². The average Bonchev–Trinajstić information content (AvgIpc) is 3.16. The highest BCUT2D eigenvalue weighted by Crippen LogP contribution is 2.31. The lowest BCUT2D eigenvalue weighted by molar-refractivity contribution is -0.176. The highest BCUT2D eigenvalue weighted by molar-refractivity contribution is 5.92. The zero-order valence-electron chi connectivity index (χ0n) is 14.2. The lowest BCUT2D eigenvalue weighted by Crippen LogP contribution is -2.58. The second kappa shape index (κ2) is 6.53. The highest BCUT2D eigenvalue weighted by Gasteiger charge is 2.42. The number of hydrogen-bond acceptors (Lipinski definition) is 6. The molecule has 1 amide bonds. The van der Waals surface area contributed by atoms with Gasteiger partial charge in [-0.3, -0.25) is 9.36 Å². The Morgan fingerprint density at radius 2 is 2.12 bits per heavy atom. The Morgan fingerprint density at radius 3 is 2.80 bits per heavy atom. The zero-order chi connectivity index (χ0) is 17.3. The number of rotatable bonds is 2. The minimum Gasteiger partial charge on any atom is -0.381 e. The number of imidazole rings is 1. The first-order valence-electron chi connectivity index (χ1n) is 8.52. The lowest BCUT2D eigenvalue weighted by atomic mass is 9.91. The summed E-state index contributed by atoms with van der Waals surface area (Å²) in [6.45, 7) is 4.49. The molecule has 0 aliphatic carbocycles. The highest BCUT2D eigenvalue weighted by atomic mass is 16.5. The first kappa shape index (κ1) is 16.2. The molecule has 0 bridgehead atoms. The molecule has 1 spiro atoms. The minimum absolute atomic E-state index is 0.00557. The van der Waals surface area contributed by atoms with E-state index in [0.717, 1.165) is 12.8 Å². The quantitative estimate of drug-likeness (QED) is 0.811. The molecule has 2 aromatic rings. The maximum atomic E-state index is 12.9. The number of hydrogen-bond donors (Lipinski definition) is 0. The van der Waals surface area contributed by atoms with Crippen molar-refractivity contribution in [2.45, 2.75) is 31.5 Å². The van der Waals surface area contributed by atoms with Gasteiger partial charge in [0.1, 0.15) is 6.33 Å². The van der Waals surface area contributed by atoms with Gasteiger partial charge in [0, 0.05) is 45.0 Å². The molecule has 4 rings (SSSR count). The molecule has 2 aliphatic heterocycles. The van der Waals surface area contributed by atoms with Gasteiger partial charge in [-0.1, -0.05) is 0 Å². The van der Waals surface area contributed by atoms with E-state index in [0.29, 0.717) is 37.8 Å². The van der Waals surface area contributed by atoms with Gasteiger partial charge in [-0.05, 0) is 19.1 Å². The second-order valence-electron chi connectivity index (χ2n) is 6.66. The van der Waals surface area contributed by atoms with Gasteiger partial charge in [-0.15, -0.1) is 10.2 Å². The molecular formula is C17H21N5O3. The summed E-state index contributed by atoms with van der Waals surface area (Å²) in [5, 5.41) is 8.25. The summed E-state index contributed by atoms with van der Waals surface area (Å²) >= 11 is 0. The van der Waals surface area contributed by atoms with Crippen LogP contribution in [0, 0.1) is 0 Å². The molecule has 1 unspecified atom stereocenters. The summed E-state index contributed by atoms with van der Waals surface area (Å²) in [4.78, 5) is 18.7. The molecule has 8 nitrogen and oxygen atoms in total. The van der Waals surface area contributed by atoms with E-state index < -0.39 is 0 Å². The van der Waals surface area contributed by atoms with Crippen LogP contribution < -0.4 is 0 Å². The van der Waals surface area contributed by atoms with Gasteiger partial charge in [-0.2, -0.15) is 0 Å². The van der Waals surface area contributed by atoms with Crippen LogP contribution in [-0.2, 0) is 9.47 Å². The van der Waals surface area contributed by atoms with Gasteiger partial charge in [0.25, 0.3) is 5.91 Å². The summed E-state index contributed by atoms with van der Waals surface area (Å²) in [7, 11) is 0. The van der Waals surface area contributed by atoms with E-state index in [4.69, 9.17) is 9.47 Å². The number of aromatic nitrogens is 4. The van der Waals surface area contributed by atoms with Crippen molar-refractivity contribution in [1.29, 1.82) is 0 Å². The van der Waals surface area contributed by atoms with Crippen LogP contribution in [0.5, 0.6) is 0 Å². The number of nitrogens with zero attached hydrogens (tertiary/aromatic N) is 5. The Bertz CT molecular complexity index is 725. The van der Waals surface area contributed by atoms with Crippen LogP contribution in [0.25, 0.3) is 5.82 Å². The molecule has 0 radical (unpaired) electrons. The van der Waals surface area contributed by atoms with Crippen molar-refractivity contribution >= 4 is 5.91 Å². The van der Waals surface area contributed by atoms with Gasteiger partial charge < -0.3 is 14.4 Å². The topological polar surface area (TPSA) is 82.4 Å². The van der Waals surface area contributed by atoms with Crippen molar-refractivity contribution in [2.24, 2.45) is 0 Å². The fraction of sp³-hybridized carbons (Fsp3) is 0.529. The first-order chi connectivity index (χ1) is 12.2. The van der Waals surface area contributed by atoms with Crippen LogP contribution >= 0.6 is 0 Å². The van der Waals surface area contributed by atoms with Gasteiger partial charge in [0.05, 0.1) is 18.2 Å². The molecule has 2 saturated heterocycles. The van der Waals surface area contributed by atoms with Crippen LogP contribution in [0.1, 0.15) is 30.3 Å². The van der Waals surface area contributed by atoms with Gasteiger partial charge in [0.2, 0.25) is 0 Å². The van der Waals surface area contributed by atoms with Crippen molar-refractivity contribution in [3.8, 4) is 5.82 Å². The number of amides is 1. The number of morpholine rings is 1. The van der Waals surface area contributed by atoms with Crippen molar-refractivity contribution in [3.63, 3.8) is 0 Å². The van der Waals surface area contributed by atoms with Gasteiger partial charge in [0.15, 0.2) is 11.5 Å². The Hall–Kier alpha value is -2.32. The molecule has 1 atom stereocenters. The average molecular weight is 343 g/mol. The van der Waals surface area contributed by atoms with Crippen LogP contribution in [0.4, 0.5) is 0 Å². The SMILES string of the molecule is CC1CN(C(=O)c2ccc(-n3ccnc3)nn2)CC2(CCOCC2)O1. The van der Waals surface area contributed by atoms with Crippen molar-refractivity contribution in [3.05, 3.63) is 36.5 Å². The van der Waals surface area contributed by atoms with Crippen LogP contribution in [0.15, 0.2) is 30.9 Å². The van der Waals surface area contributed by atoms with Crippen molar-refractivity contribution in [1.82, 2.24) is 24.6 Å². The van der Waals surface area contributed by atoms with E-state index >= 15 is 0 Å². The molecule has 25 heavy (non-hydrogen) atoms. The zero-order valence-corrected chi connectivity index (χ0v) is 14.2. The predicted molar refractivity (Wildman–Crippen MR) is 88.4 cm³/mol. The largest absolute Gasteiger partial charge is 0.381 e. The van der Waals surface area contributed by atoms with Crippen LogP contribution in [0.3, 0.4) is 0 Å². The molecule has 132 valence electrons. The molecule has 2 aliphatic rings. The fourth-order valence-corrected chi connectivity index (χ4v) is 3.53. The molecule has 8 heteroatoms. The van der Waals surface area contributed by atoms with Crippen molar-refractivity contribution < 1.29 is 14.3 Å². The third kappa shape index (κ3) is 3.27. The Balaban J connectivity index is 1.51. The molecule has 2 aromatic heterocycles. The molecule has 2 fully saturated rings.